The SMILES string of the molecule is CNc1nc2c(S(=O)(=O)c3cccc(Cl)c3)nnn2c2ccc(C)cc12. The molecule has 2 aromatic heterocycles. The van der Waals surface area contributed by atoms with Gasteiger partial charge in [-0.15, -0.1) is 5.10 Å². The van der Waals surface area contributed by atoms with Gasteiger partial charge in [-0.1, -0.05) is 34.5 Å². The number of hydrogen-bond donors (Lipinski definition) is 1. The third kappa shape index (κ3) is 2.49. The maximum Gasteiger partial charge on any atom is 0.229 e. The number of sulfone groups is 1. The lowest BCUT2D eigenvalue weighted by Gasteiger charge is -2.08. The Morgan fingerprint density at radius 3 is 2.69 bits per heavy atom. The summed E-state index contributed by atoms with van der Waals surface area (Å²) in [7, 11) is -2.18. The van der Waals surface area contributed by atoms with Gasteiger partial charge in [-0.25, -0.2) is 13.4 Å². The Balaban J connectivity index is 2.05. The molecule has 26 heavy (non-hydrogen) atoms. The fraction of sp³-hybridized carbons (Fsp3) is 0.118. The molecule has 0 bridgehead atoms. The molecule has 0 unspecified atom stereocenters. The molecule has 0 fully saturated rings. The molecule has 0 atom stereocenters. The van der Waals surface area contributed by atoms with E-state index in [2.05, 4.69) is 20.6 Å². The van der Waals surface area contributed by atoms with E-state index in [1.54, 1.807) is 19.2 Å². The number of aryl methyl sites for hydroxylation is 1. The molecular formula is C17H14ClN5O2S. The lowest BCUT2D eigenvalue weighted by molar-refractivity contribution is 0.592. The standard InChI is InChI=1S/C17H14ClN5O2S/c1-10-6-7-14-13(8-10)15(19-2)20-16-17(21-22-23(14)16)26(24,25)12-5-3-4-11(18)9-12/h3-9H,1-2H3,(H,19,20). The van der Waals surface area contributed by atoms with Crippen LogP contribution in [0.4, 0.5) is 5.82 Å². The summed E-state index contributed by atoms with van der Waals surface area (Å²) in [5.41, 5.74) is 1.93. The van der Waals surface area contributed by atoms with E-state index in [0.29, 0.717) is 16.4 Å². The van der Waals surface area contributed by atoms with Crippen molar-refractivity contribution in [2.75, 3.05) is 12.4 Å². The van der Waals surface area contributed by atoms with Gasteiger partial charge >= 0.3 is 0 Å². The Bertz CT molecular complexity index is 1270. The van der Waals surface area contributed by atoms with Crippen molar-refractivity contribution in [1.29, 1.82) is 0 Å². The molecule has 2 aromatic carbocycles. The summed E-state index contributed by atoms with van der Waals surface area (Å²) in [6.07, 6.45) is 0. The molecule has 0 saturated carbocycles. The Morgan fingerprint density at radius 1 is 1.15 bits per heavy atom. The molecule has 2 heterocycles. The molecule has 0 aliphatic heterocycles. The molecule has 0 spiro atoms. The van der Waals surface area contributed by atoms with E-state index < -0.39 is 9.84 Å². The van der Waals surface area contributed by atoms with Crippen LogP contribution in [0.2, 0.25) is 5.02 Å². The highest BCUT2D eigenvalue weighted by Crippen LogP contribution is 2.29. The monoisotopic (exact) mass is 387 g/mol. The van der Waals surface area contributed by atoms with Crippen molar-refractivity contribution >= 4 is 43.8 Å². The van der Waals surface area contributed by atoms with Crippen LogP contribution in [0, 0.1) is 6.92 Å². The number of fused-ring (bicyclic) bond motifs is 3. The van der Waals surface area contributed by atoms with Gasteiger partial charge in [0, 0.05) is 17.5 Å². The highest BCUT2D eigenvalue weighted by molar-refractivity contribution is 7.91. The molecular weight excluding hydrogens is 374 g/mol. The van der Waals surface area contributed by atoms with Crippen molar-refractivity contribution < 1.29 is 8.42 Å². The van der Waals surface area contributed by atoms with Crippen molar-refractivity contribution in [2.45, 2.75) is 16.8 Å². The van der Waals surface area contributed by atoms with E-state index >= 15 is 0 Å². The van der Waals surface area contributed by atoms with Crippen LogP contribution in [-0.4, -0.2) is 35.3 Å². The Kier molecular flexibility index (Phi) is 3.82. The summed E-state index contributed by atoms with van der Waals surface area (Å²) in [5, 5.41) is 11.9. The maximum absolute atomic E-state index is 13.0. The van der Waals surface area contributed by atoms with E-state index in [-0.39, 0.29) is 15.6 Å². The third-order valence-corrected chi connectivity index (χ3v) is 5.95. The highest BCUT2D eigenvalue weighted by atomic mass is 35.5. The second-order valence-corrected chi connectivity index (χ2v) is 8.12. The van der Waals surface area contributed by atoms with E-state index in [1.807, 2.05) is 25.1 Å². The van der Waals surface area contributed by atoms with Gasteiger partial charge in [-0.3, -0.25) is 0 Å². The maximum atomic E-state index is 13.0. The van der Waals surface area contributed by atoms with E-state index in [0.717, 1.165) is 10.9 Å². The van der Waals surface area contributed by atoms with Gasteiger partial charge < -0.3 is 5.32 Å². The summed E-state index contributed by atoms with van der Waals surface area (Å²) in [6.45, 7) is 1.97. The zero-order chi connectivity index (χ0) is 18.5. The second kappa shape index (κ2) is 5.93. The molecule has 132 valence electrons. The molecule has 0 saturated heterocycles. The van der Waals surface area contributed by atoms with Crippen LogP contribution in [0.5, 0.6) is 0 Å². The summed E-state index contributed by atoms with van der Waals surface area (Å²) in [4.78, 5) is 4.50. The fourth-order valence-electron chi connectivity index (χ4n) is 2.82. The van der Waals surface area contributed by atoms with Gasteiger partial charge in [-0.2, -0.15) is 4.52 Å². The summed E-state index contributed by atoms with van der Waals surface area (Å²) in [6, 6.07) is 11.8. The lowest BCUT2D eigenvalue weighted by Crippen LogP contribution is -2.05. The van der Waals surface area contributed by atoms with Crippen molar-refractivity contribution in [1.82, 2.24) is 19.8 Å². The molecule has 4 aromatic rings. The largest absolute Gasteiger partial charge is 0.373 e. The average molecular weight is 388 g/mol. The Morgan fingerprint density at radius 2 is 1.96 bits per heavy atom. The van der Waals surface area contributed by atoms with E-state index in [4.69, 9.17) is 11.6 Å². The predicted octanol–water partition coefficient (Wildman–Crippen LogP) is 3.11. The van der Waals surface area contributed by atoms with Crippen LogP contribution in [0.25, 0.3) is 16.6 Å². The minimum absolute atomic E-state index is 0.0456. The quantitative estimate of drug-likeness (QED) is 0.581. The fourth-order valence-corrected chi connectivity index (χ4v) is 4.36. The summed E-state index contributed by atoms with van der Waals surface area (Å²) in [5.74, 6) is 0.557. The lowest BCUT2D eigenvalue weighted by atomic mass is 10.1. The molecule has 0 aliphatic rings. The number of benzene rings is 2. The smallest absolute Gasteiger partial charge is 0.229 e. The normalized spacial score (nSPS) is 12.0. The number of nitrogens with one attached hydrogen (secondary N) is 1. The van der Waals surface area contributed by atoms with Crippen LogP contribution in [0.1, 0.15) is 5.56 Å². The number of hydrogen-bond acceptors (Lipinski definition) is 6. The Hall–Kier alpha value is -2.71. The van der Waals surface area contributed by atoms with Gasteiger partial charge in [-0.05, 0) is 37.3 Å². The van der Waals surface area contributed by atoms with Crippen LogP contribution in [0.15, 0.2) is 52.4 Å². The van der Waals surface area contributed by atoms with Crippen molar-refractivity contribution in [3.8, 4) is 0 Å². The first-order valence-corrected chi connectivity index (χ1v) is 9.62. The van der Waals surface area contributed by atoms with Gasteiger partial charge in [0.05, 0.1) is 10.4 Å². The highest BCUT2D eigenvalue weighted by Gasteiger charge is 2.27. The first-order chi connectivity index (χ1) is 12.4. The number of halogens is 1. The van der Waals surface area contributed by atoms with Gasteiger partial charge in [0.15, 0.2) is 5.65 Å². The zero-order valence-corrected chi connectivity index (χ0v) is 15.5. The van der Waals surface area contributed by atoms with Gasteiger partial charge in [0.1, 0.15) is 5.82 Å². The van der Waals surface area contributed by atoms with Crippen LogP contribution in [-0.2, 0) is 9.84 Å². The van der Waals surface area contributed by atoms with E-state index in [1.165, 1.54) is 16.6 Å². The first-order valence-electron chi connectivity index (χ1n) is 7.76. The zero-order valence-electron chi connectivity index (χ0n) is 13.9. The number of aromatic nitrogens is 4. The molecule has 7 nitrogen and oxygen atoms in total. The third-order valence-electron chi connectivity index (χ3n) is 4.07. The van der Waals surface area contributed by atoms with Crippen LogP contribution < -0.4 is 5.32 Å². The average Bonchev–Trinajstić information content (AvgIpc) is 3.05. The number of rotatable bonds is 3. The topological polar surface area (TPSA) is 89.2 Å². The Labute approximate surface area is 154 Å². The second-order valence-electron chi connectivity index (χ2n) is 5.82. The van der Waals surface area contributed by atoms with Gasteiger partial charge in [0.2, 0.25) is 14.9 Å². The van der Waals surface area contributed by atoms with Crippen LogP contribution >= 0.6 is 11.6 Å². The molecule has 1 N–H and O–H groups in total. The molecule has 0 amide bonds. The van der Waals surface area contributed by atoms with Crippen molar-refractivity contribution in [3.63, 3.8) is 0 Å². The van der Waals surface area contributed by atoms with Crippen molar-refractivity contribution in [2.24, 2.45) is 0 Å². The van der Waals surface area contributed by atoms with Gasteiger partial charge in [0.25, 0.3) is 0 Å². The molecule has 0 radical (unpaired) electrons. The van der Waals surface area contributed by atoms with Crippen molar-refractivity contribution in [3.05, 3.63) is 53.1 Å². The summed E-state index contributed by atoms with van der Waals surface area (Å²) >= 11 is 5.94. The minimum atomic E-state index is -3.92. The minimum Gasteiger partial charge on any atom is -0.373 e. The predicted molar refractivity (Wildman–Crippen MR) is 99.5 cm³/mol. The van der Waals surface area contributed by atoms with Crippen LogP contribution in [0.3, 0.4) is 0 Å². The van der Waals surface area contributed by atoms with E-state index in [9.17, 15) is 8.42 Å². The number of anilines is 1. The first kappa shape index (κ1) is 16.7. The molecule has 0 aliphatic carbocycles. The molecule has 9 heteroatoms. The number of nitrogens with zero attached hydrogens (tertiary/aromatic N) is 4. The summed E-state index contributed by atoms with van der Waals surface area (Å²) < 4.78 is 27.5. The molecule has 4 rings (SSSR count).